The number of nitrogens with two attached hydrogens (primary N) is 1. The van der Waals surface area contributed by atoms with Crippen LogP contribution in [0.5, 0.6) is 0 Å². The minimum absolute atomic E-state index is 0.0545. The number of aryl methyl sites for hydroxylation is 1. The summed E-state index contributed by atoms with van der Waals surface area (Å²) in [5, 5.41) is 2.65. The van der Waals surface area contributed by atoms with Crippen molar-refractivity contribution in [2.24, 2.45) is 5.73 Å². The Hall–Kier alpha value is -4.08. The first-order valence-corrected chi connectivity index (χ1v) is 12.0. The molecule has 184 valence electrons. The number of rotatable bonds is 4. The van der Waals surface area contributed by atoms with Gasteiger partial charge in [0.05, 0.1) is 11.4 Å². The number of carbonyl (C=O) groups is 4. The number of nitrogens with one attached hydrogen (secondary N) is 1. The highest BCUT2D eigenvalue weighted by molar-refractivity contribution is 6.07. The third-order valence-corrected chi connectivity index (χ3v) is 7.68. The average molecular weight is 490 g/mol. The number of imide groups is 1. The number of primary amides is 1. The zero-order valence-electron chi connectivity index (χ0n) is 19.6. The van der Waals surface area contributed by atoms with Gasteiger partial charge in [-0.05, 0) is 61.9 Å². The number of amides is 4. The van der Waals surface area contributed by atoms with Gasteiger partial charge in [-0.2, -0.15) is 0 Å². The molecule has 0 bridgehead atoms. The van der Waals surface area contributed by atoms with E-state index >= 15 is 4.39 Å². The van der Waals surface area contributed by atoms with Crippen LogP contribution in [0.25, 0.3) is 11.0 Å². The lowest BCUT2D eigenvalue weighted by atomic mass is 9.93. The zero-order chi connectivity index (χ0) is 25.3. The molecule has 0 spiro atoms. The molecule has 2 aromatic heterocycles. The van der Waals surface area contributed by atoms with Crippen molar-refractivity contribution in [3.8, 4) is 0 Å². The van der Waals surface area contributed by atoms with Crippen LogP contribution in [0.3, 0.4) is 0 Å². The van der Waals surface area contributed by atoms with Crippen LogP contribution < -0.4 is 11.1 Å². The number of pyridine rings is 1. The highest BCUT2D eigenvalue weighted by Gasteiger charge is 2.47. The van der Waals surface area contributed by atoms with E-state index in [1.54, 1.807) is 0 Å². The molecule has 6 rings (SSSR count). The SMILES string of the molecule is Cc1cn(C2CCC2)c2ncc(C3c4cc(C(N)=O)ccc4C(=O)N3C3CCC(=O)NC3=O)c(F)c12. The Bertz CT molecular complexity index is 1490. The van der Waals surface area contributed by atoms with Gasteiger partial charge in [-0.3, -0.25) is 24.5 Å². The molecule has 1 saturated carbocycles. The molecule has 10 heteroatoms. The van der Waals surface area contributed by atoms with E-state index in [4.69, 9.17) is 5.73 Å². The van der Waals surface area contributed by atoms with Crippen molar-refractivity contribution >= 4 is 34.7 Å². The molecule has 1 aliphatic carbocycles. The summed E-state index contributed by atoms with van der Waals surface area (Å²) in [6.45, 7) is 1.82. The highest BCUT2D eigenvalue weighted by Crippen LogP contribution is 2.44. The maximum absolute atomic E-state index is 16.3. The molecule has 36 heavy (non-hydrogen) atoms. The van der Waals surface area contributed by atoms with Crippen molar-refractivity contribution in [3.05, 3.63) is 64.2 Å². The molecule has 9 nitrogen and oxygen atoms in total. The lowest BCUT2D eigenvalue weighted by molar-refractivity contribution is -0.137. The summed E-state index contributed by atoms with van der Waals surface area (Å²) in [6, 6.07) is 2.66. The molecule has 0 radical (unpaired) electrons. The highest BCUT2D eigenvalue weighted by atomic mass is 19.1. The van der Waals surface area contributed by atoms with E-state index in [9.17, 15) is 19.2 Å². The first kappa shape index (κ1) is 22.4. The van der Waals surface area contributed by atoms with Crippen LogP contribution in [0.15, 0.2) is 30.6 Å². The van der Waals surface area contributed by atoms with Crippen LogP contribution in [-0.2, 0) is 9.59 Å². The Labute approximate surface area is 205 Å². The van der Waals surface area contributed by atoms with Crippen molar-refractivity contribution in [3.63, 3.8) is 0 Å². The van der Waals surface area contributed by atoms with Crippen LogP contribution in [-0.4, -0.2) is 44.1 Å². The Morgan fingerprint density at radius 2 is 1.94 bits per heavy atom. The van der Waals surface area contributed by atoms with Crippen molar-refractivity contribution < 1.29 is 23.6 Å². The molecule has 4 amide bonds. The third kappa shape index (κ3) is 3.16. The fourth-order valence-corrected chi connectivity index (χ4v) is 5.64. The molecular formula is C26H24FN5O4. The largest absolute Gasteiger partial charge is 0.366 e. The summed E-state index contributed by atoms with van der Waals surface area (Å²) in [5.74, 6) is -2.73. The maximum atomic E-state index is 16.3. The molecule has 3 aromatic rings. The summed E-state index contributed by atoms with van der Waals surface area (Å²) in [5.41, 5.74) is 7.66. The van der Waals surface area contributed by atoms with E-state index in [0.717, 1.165) is 24.8 Å². The zero-order valence-corrected chi connectivity index (χ0v) is 19.6. The summed E-state index contributed by atoms with van der Waals surface area (Å²) >= 11 is 0. The van der Waals surface area contributed by atoms with Gasteiger partial charge in [-0.15, -0.1) is 0 Å². The van der Waals surface area contributed by atoms with Gasteiger partial charge >= 0.3 is 0 Å². The number of aromatic nitrogens is 2. The minimum Gasteiger partial charge on any atom is -0.366 e. The number of hydrogen-bond acceptors (Lipinski definition) is 5. The van der Waals surface area contributed by atoms with Gasteiger partial charge in [-0.25, -0.2) is 9.37 Å². The van der Waals surface area contributed by atoms with Gasteiger partial charge in [-0.1, -0.05) is 0 Å². The third-order valence-electron chi connectivity index (χ3n) is 7.68. The van der Waals surface area contributed by atoms with E-state index in [1.165, 1.54) is 29.3 Å². The van der Waals surface area contributed by atoms with Gasteiger partial charge in [0.25, 0.3) is 5.91 Å². The number of carbonyl (C=O) groups excluding carboxylic acids is 4. The lowest BCUT2D eigenvalue weighted by Crippen LogP contribution is -2.53. The fraction of sp³-hybridized carbons (Fsp3) is 0.346. The van der Waals surface area contributed by atoms with Crippen molar-refractivity contribution in [2.75, 3.05) is 0 Å². The van der Waals surface area contributed by atoms with E-state index in [1.807, 2.05) is 17.7 Å². The first-order chi connectivity index (χ1) is 17.3. The maximum Gasteiger partial charge on any atom is 0.255 e. The molecule has 3 N–H and O–H groups in total. The van der Waals surface area contributed by atoms with Crippen LogP contribution >= 0.6 is 0 Å². The van der Waals surface area contributed by atoms with Gasteiger partial charge in [0.1, 0.15) is 17.5 Å². The molecule has 2 atom stereocenters. The quantitative estimate of drug-likeness (QED) is 0.545. The standard InChI is InChI=1S/C26H24FN5O4/c1-12-11-31(14-3-2-4-14)24-20(12)21(27)17(10-29-24)22-16-9-13(23(28)34)5-6-15(16)26(36)32(22)18-7-8-19(33)30-25(18)35/h5-6,9-11,14,18,22H,2-4,7-8H2,1H3,(H2,28,34)(H,30,33,35). The monoisotopic (exact) mass is 489 g/mol. The fourth-order valence-electron chi connectivity index (χ4n) is 5.64. The Balaban J connectivity index is 1.54. The molecular weight excluding hydrogens is 465 g/mol. The Morgan fingerprint density at radius 1 is 1.17 bits per heavy atom. The molecule has 2 aliphatic heterocycles. The number of hydrogen-bond donors (Lipinski definition) is 2. The second kappa shape index (κ2) is 7.97. The van der Waals surface area contributed by atoms with Crippen molar-refractivity contribution in [1.29, 1.82) is 0 Å². The number of halogens is 1. The van der Waals surface area contributed by atoms with Crippen LogP contribution in [0, 0.1) is 12.7 Å². The lowest BCUT2D eigenvalue weighted by Gasteiger charge is -2.34. The minimum atomic E-state index is -1.01. The number of benzene rings is 1. The Kier molecular flexibility index (Phi) is 4.96. The van der Waals surface area contributed by atoms with E-state index in [0.29, 0.717) is 16.6 Å². The summed E-state index contributed by atoms with van der Waals surface area (Å²) in [6.07, 6.45) is 6.63. The number of nitrogens with zero attached hydrogens (tertiary/aromatic N) is 3. The van der Waals surface area contributed by atoms with Crippen LogP contribution in [0.4, 0.5) is 4.39 Å². The Morgan fingerprint density at radius 3 is 2.61 bits per heavy atom. The number of fused-ring (bicyclic) bond motifs is 2. The predicted molar refractivity (Wildman–Crippen MR) is 126 cm³/mol. The second-order valence-corrected chi connectivity index (χ2v) is 9.78. The summed E-state index contributed by atoms with van der Waals surface area (Å²) in [4.78, 5) is 56.0. The predicted octanol–water partition coefficient (Wildman–Crippen LogP) is 2.66. The molecule has 3 aliphatic rings. The molecule has 1 saturated heterocycles. The topological polar surface area (TPSA) is 127 Å². The van der Waals surface area contributed by atoms with Crippen LogP contribution in [0.2, 0.25) is 0 Å². The summed E-state index contributed by atoms with van der Waals surface area (Å²) in [7, 11) is 0. The van der Waals surface area contributed by atoms with Gasteiger partial charge in [0.15, 0.2) is 0 Å². The van der Waals surface area contributed by atoms with Crippen molar-refractivity contribution in [2.45, 2.75) is 57.2 Å². The van der Waals surface area contributed by atoms with Crippen molar-refractivity contribution in [1.82, 2.24) is 19.8 Å². The van der Waals surface area contributed by atoms with E-state index < -0.39 is 41.5 Å². The molecule has 1 aromatic carbocycles. The van der Waals surface area contributed by atoms with E-state index in [2.05, 4.69) is 10.3 Å². The van der Waals surface area contributed by atoms with Gasteiger partial charge in [0.2, 0.25) is 17.7 Å². The number of piperidine rings is 1. The normalized spacial score (nSPS) is 22.1. The first-order valence-electron chi connectivity index (χ1n) is 12.0. The average Bonchev–Trinajstić information content (AvgIpc) is 3.27. The smallest absolute Gasteiger partial charge is 0.255 e. The van der Waals surface area contributed by atoms with E-state index in [-0.39, 0.29) is 35.6 Å². The van der Waals surface area contributed by atoms with Gasteiger partial charge in [0, 0.05) is 41.5 Å². The molecule has 4 heterocycles. The van der Waals surface area contributed by atoms with Crippen LogP contribution in [0.1, 0.15) is 81.6 Å². The molecule has 2 unspecified atom stereocenters. The molecule has 2 fully saturated rings. The van der Waals surface area contributed by atoms with Gasteiger partial charge < -0.3 is 15.2 Å². The second-order valence-electron chi connectivity index (χ2n) is 9.78. The summed E-state index contributed by atoms with van der Waals surface area (Å²) < 4.78 is 18.3.